The molecule has 1 N–H and O–H groups in total. The maximum Gasteiger partial charge on any atom is 0.416 e. The number of nitrogens with one attached hydrogen (secondary N) is 1. The number of rotatable bonds is 4. The number of hydrogen-bond donors (Lipinski definition) is 1. The summed E-state index contributed by atoms with van der Waals surface area (Å²) in [6, 6.07) is 8.71. The fourth-order valence-electron chi connectivity index (χ4n) is 1.86. The molecule has 0 aliphatic carbocycles. The number of halogens is 4. The van der Waals surface area contributed by atoms with Crippen LogP contribution in [0, 0.1) is 0 Å². The van der Waals surface area contributed by atoms with Crippen molar-refractivity contribution in [2.45, 2.75) is 13.1 Å². The molecule has 1 amide bonds. The van der Waals surface area contributed by atoms with Crippen molar-refractivity contribution < 1.29 is 22.7 Å². The third kappa shape index (κ3) is 4.39. The largest absolute Gasteiger partial charge is 0.492 e. The Labute approximate surface area is 136 Å². The maximum atomic E-state index is 12.5. The molecule has 0 saturated heterocycles. The van der Waals surface area contributed by atoms with Crippen molar-refractivity contribution in [3.05, 3.63) is 58.6 Å². The van der Waals surface area contributed by atoms with Crippen LogP contribution in [-0.2, 0) is 6.18 Å². The van der Waals surface area contributed by atoms with Crippen LogP contribution < -0.4 is 10.1 Å². The SMILES string of the molecule is CCOc1ccc(C(=O)Nc2ccc(C(F)(F)F)cc2)cc1Cl. The van der Waals surface area contributed by atoms with Gasteiger partial charge in [0.15, 0.2) is 0 Å². The monoisotopic (exact) mass is 343 g/mol. The van der Waals surface area contributed by atoms with E-state index < -0.39 is 17.6 Å². The van der Waals surface area contributed by atoms with Crippen LogP contribution in [0.25, 0.3) is 0 Å². The summed E-state index contributed by atoms with van der Waals surface area (Å²) in [5.41, 5.74) is -0.244. The van der Waals surface area contributed by atoms with Crippen LogP contribution in [-0.4, -0.2) is 12.5 Å². The molecule has 2 aromatic rings. The lowest BCUT2D eigenvalue weighted by molar-refractivity contribution is -0.137. The van der Waals surface area contributed by atoms with Gasteiger partial charge >= 0.3 is 6.18 Å². The molecule has 0 spiro atoms. The first-order valence-electron chi connectivity index (χ1n) is 6.72. The van der Waals surface area contributed by atoms with Gasteiger partial charge in [-0.1, -0.05) is 11.6 Å². The summed E-state index contributed by atoms with van der Waals surface area (Å²) in [5.74, 6) is -0.0186. The molecular weight excluding hydrogens is 331 g/mol. The molecule has 3 nitrogen and oxygen atoms in total. The molecule has 0 saturated carbocycles. The second kappa shape index (κ2) is 6.91. The van der Waals surface area contributed by atoms with Crippen LogP contribution in [0.4, 0.5) is 18.9 Å². The van der Waals surface area contributed by atoms with Crippen molar-refractivity contribution in [1.82, 2.24) is 0 Å². The van der Waals surface area contributed by atoms with Crippen LogP contribution in [0.15, 0.2) is 42.5 Å². The minimum absolute atomic E-state index is 0.257. The number of alkyl halides is 3. The van der Waals surface area contributed by atoms with E-state index in [1.165, 1.54) is 24.3 Å². The highest BCUT2D eigenvalue weighted by molar-refractivity contribution is 6.32. The molecule has 0 atom stereocenters. The van der Waals surface area contributed by atoms with Gasteiger partial charge in [0, 0.05) is 11.3 Å². The second-order valence-corrected chi connectivity index (χ2v) is 5.01. The van der Waals surface area contributed by atoms with Gasteiger partial charge in [0.05, 0.1) is 17.2 Å². The predicted octanol–water partition coefficient (Wildman–Crippen LogP) is 5.01. The summed E-state index contributed by atoms with van der Waals surface area (Å²) in [6.07, 6.45) is -4.41. The average Bonchev–Trinajstić information content (AvgIpc) is 2.49. The van der Waals surface area contributed by atoms with Crippen molar-refractivity contribution in [3.63, 3.8) is 0 Å². The Kier molecular flexibility index (Phi) is 5.15. The normalized spacial score (nSPS) is 11.2. The third-order valence-electron chi connectivity index (χ3n) is 2.96. The molecule has 2 rings (SSSR count). The first-order chi connectivity index (χ1) is 10.8. The molecule has 0 bridgehead atoms. The molecule has 0 aromatic heterocycles. The van der Waals surface area contributed by atoms with E-state index in [0.29, 0.717) is 12.4 Å². The Morgan fingerprint density at radius 1 is 1.17 bits per heavy atom. The van der Waals surface area contributed by atoms with Crippen molar-refractivity contribution in [1.29, 1.82) is 0 Å². The lowest BCUT2D eigenvalue weighted by Crippen LogP contribution is -2.12. The molecule has 0 radical (unpaired) electrons. The summed E-state index contributed by atoms with van der Waals surface area (Å²) in [4.78, 5) is 12.1. The minimum atomic E-state index is -4.41. The summed E-state index contributed by atoms with van der Waals surface area (Å²) in [7, 11) is 0. The molecule has 2 aromatic carbocycles. The molecule has 0 fully saturated rings. The van der Waals surface area contributed by atoms with Crippen LogP contribution in [0.1, 0.15) is 22.8 Å². The Morgan fingerprint density at radius 2 is 1.83 bits per heavy atom. The summed E-state index contributed by atoms with van der Waals surface area (Å²) in [5, 5.41) is 2.79. The summed E-state index contributed by atoms with van der Waals surface area (Å²) < 4.78 is 42.7. The van der Waals surface area contributed by atoms with E-state index in [1.807, 2.05) is 6.92 Å². The maximum absolute atomic E-state index is 12.5. The zero-order valence-corrected chi connectivity index (χ0v) is 12.8. The Morgan fingerprint density at radius 3 is 2.35 bits per heavy atom. The van der Waals surface area contributed by atoms with Crippen molar-refractivity contribution in [2.24, 2.45) is 0 Å². The molecular formula is C16H13ClF3NO2. The van der Waals surface area contributed by atoms with Gasteiger partial charge in [-0.15, -0.1) is 0 Å². The van der Waals surface area contributed by atoms with Crippen LogP contribution in [0.3, 0.4) is 0 Å². The number of benzene rings is 2. The Hall–Kier alpha value is -2.21. The third-order valence-corrected chi connectivity index (χ3v) is 3.26. The number of carbonyl (C=O) groups is 1. The average molecular weight is 344 g/mol. The zero-order chi connectivity index (χ0) is 17.0. The number of anilines is 1. The van der Waals surface area contributed by atoms with E-state index in [2.05, 4.69) is 5.32 Å². The highest BCUT2D eigenvalue weighted by Crippen LogP contribution is 2.30. The van der Waals surface area contributed by atoms with Gasteiger partial charge in [0.2, 0.25) is 0 Å². The molecule has 23 heavy (non-hydrogen) atoms. The van der Waals surface area contributed by atoms with Gasteiger partial charge in [0.1, 0.15) is 5.75 Å². The molecule has 0 heterocycles. The van der Waals surface area contributed by atoms with E-state index in [1.54, 1.807) is 6.07 Å². The van der Waals surface area contributed by atoms with Gasteiger partial charge in [0.25, 0.3) is 5.91 Å². The van der Waals surface area contributed by atoms with E-state index >= 15 is 0 Å². The topological polar surface area (TPSA) is 38.3 Å². The number of amides is 1. The second-order valence-electron chi connectivity index (χ2n) is 4.61. The van der Waals surface area contributed by atoms with Gasteiger partial charge < -0.3 is 10.1 Å². The van der Waals surface area contributed by atoms with Crippen LogP contribution in [0.5, 0.6) is 5.75 Å². The first-order valence-corrected chi connectivity index (χ1v) is 7.10. The molecule has 7 heteroatoms. The van der Waals surface area contributed by atoms with Gasteiger partial charge in [-0.3, -0.25) is 4.79 Å². The fourth-order valence-corrected chi connectivity index (χ4v) is 2.10. The molecule has 122 valence electrons. The van der Waals surface area contributed by atoms with E-state index in [4.69, 9.17) is 16.3 Å². The van der Waals surface area contributed by atoms with Gasteiger partial charge in [-0.25, -0.2) is 0 Å². The summed E-state index contributed by atoms with van der Waals surface area (Å²) >= 11 is 6.00. The lowest BCUT2D eigenvalue weighted by Gasteiger charge is -2.10. The van der Waals surface area contributed by atoms with Crippen LogP contribution >= 0.6 is 11.6 Å². The Balaban J connectivity index is 2.11. The first kappa shape index (κ1) is 17.1. The quantitative estimate of drug-likeness (QED) is 0.847. The van der Waals surface area contributed by atoms with Gasteiger partial charge in [-0.2, -0.15) is 13.2 Å². The predicted molar refractivity (Wildman–Crippen MR) is 82.0 cm³/mol. The highest BCUT2D eigenvalue weighted by atomic mass is 35.5. The van der Waals surface area contributed by atoms with Crippen molar-refractivity contribution in [3.8, 4) is 5.75 Å². The van der Waals surface area contributed by atoms with E-state index in [-0.39, 0.29) is 16.3 Å². The fraction of sp³-hybridized carbons (Fsp3) is 0.188. The minimum Gasteiger partial charge on any atom is -0.492 e. The van der Waals surface area contributed by atoms with Crippen molar-refractivity contribution in [2.75, 3.05) is 11.9 Å². The molecule has 0 unspecified atom stereocenters. The zero-order valence-electron chi connectivity index (χ0n) is 12.1. The lowest BCUT2D eigenvalue weighted by atomic mass is 10.1. The van der Waals surface area contributed by atoms with Crippen molar-refractivity contribution >= 4 is 23.2 Å². The summed E-state index contributed by atoms with van der Waals surface area (Å²) in [6.45, 7) is 2.25. The molecule has 0 aliphatic rings. The van der Waals surface area contributed by atoms with Gasteiger partial charge in [-0.05, 0) is 49.4 Å². The number of ether oxygens (including phenoxy) is 1. The van der Waals surface area contributed by atoms with E-state index in [9.17, 15) is 18.0 Å². The standard InChI is InChI=1S/C16H13ClF3NO2/c1-2-23-14-8-3-10(9-13(14)17)15(22)21-12-6-4-11(5-7-12)16(18,19)20/h3-9H,2H2,1H3,(H,21,22). The number of hydrogen-bond acceptors (Lipinski definition) is 2. The molecule has 0 aliphatic heterocycles. The smallest absolute Gasteiger partial charge is 0.416 e. The van der Waals surface area contributed by atoms with Crippen LogP contribution in [0.2, 0.25) is 5.02 Å². The highest BCUT2D eigenvalue weighted by Gasteiger charge is 2.30. The number of carbonyl (C=O) groups excluding carboxylic acids is 1. The van der Waals surface area contributed by atoms with E-state index in [0.717, 1.165) is 12.1 Å². The Bertz CT molecular complexity index is 699.